The molecule has 0 saturated carbocycles. The summed E-state index contributed by atoms with van der Waals surface area (Å²) in [4.78, 5) is 12.4. The third-order valence-electron chi connectivity index (χ3n) is 4.89. The van der Waals surface area contributed by atoms with E-state index in [2.05, 4.69) is 10.6 Å². The number of hydrogen-bond acceptors (Lipinski definition) is 6. The molecule has 1 atom stereocenters. The lowest BCUT2D eigenvalue weighted by atomic mass is 9.97. The lowest BCUT2D eigenvalue weighted by Crippen LogP contribution is -2.45. The second kappa shape index (κ2) is 10.8. The predicted octanol–water partition coefficient (Wildman–Crippen LogP) is 1.25. The van der Waals surface area contributed by atoms with Crippen LogP contribution in [0, 0.1) is 5.92 Å². The van der Waals surface area contributed by atoms with E-state index in [1.807, 2.05) is 14.0 Å². The van der Waals surface area contributed by atoms with Crippen LogP contribution in [-0.4, -0.2) is 65.6 Å². The van der Waals surface area contributed by atoms with Gasteiger partial charge in [0, 0.05) is 37.7 Å². The Morgan fingerprint density at radius 1 is 1.21 bits per heavy atom. The Bertz CT molecular complexity index is 752. The lowest BCUT2D eigenvalue weighted by Gasteiger charge is -2.30. The second-order valence-electron chi connectivity index (χ2n) is 6.63. The van der Waals surface area contributed by atoms with Crippen LogP contribution in [0.1, 0.15) is 19.8 Å². The maximum atomic E-state index is 12.9. The number of benzene rings is 1. The van der Waals surface area contributed by atoms with E-state index in [1.165, 1.54) is 30.7 Å². The van der Waals surface area contributed by atoms with E-state index in [0.717, 1.165) is 0 Å². The molecule has 0 aliphatic carbocycles. The van der Waals surface area contributed by atoms with Crippen molar-refractivity contribution in [1.82, 2.24) is 14.9 Å². The number of hydrogen-bond donors (Lipinski definition) is 2. The first-order valence-electron chi connectivity index (χ1n) is 9.00. The largest absolute Gasteiger partial charge is 0.493 e. The summed E-state index contributed by atoms with van der Waals surface area (Å²) in [5, 5.41) is 5.98. The second-order valence-corrected chi connectivity index (χ2v) is 8.57. The highest BCUT2D eigenvalue weighted by atomic mass is 35.5. The van der Waals surface area contributed by atoms with Gasteiger partial charge in [-0.1, -0.05) is 0 Å². The first-order valence-corrected chi connectivity index (χ1v) is 10.4. The Labute approximate surface area is 173 Å². The summed E-state index contributed by atoms with van der Waals surface area (Å²) in [6.45, 7) is 3.17. The van der Waals surface area contributed by atoms with E-state index in [4.69, 9.17) is 9.47 Å². The van der Waals surface area contributed by atoms with E-state index >= 15 is 0 Å². The average molecular weight is 436 g/mol. The number of likely N-dealkylation sites (N-methyl/N-ethyl adjacent to an activating group) is 1. The zero-order chi connectivity index (χ0) is 20.0. The molecule has 2 rings (SSSR count). The highest BCUT2D eigenvalue weighted by Crippen LogP contribution is 2.31. The van der Waals surface area contributed by atoms with E-state index in [1.54, 1.807) is 6.07 Å². The molecule has 2 N–H and O–H groups in total. The van der Waals surface area contributed by atoms with Crippen LogP contribution >= 0.6 is 12.4 Å². The number of sulfonamides is 1. The number of methoxy groups -OCH3 is 2. The SMILES string of the molecule is CNC(C)CNC(=O)C1CCN(S(=O)(=O)c2ccc(OC)c(OC)c2)CC1.Cl. The minimum absolute atomic E-state index is 0. The summed E-state index contributed by atoms with van der Waals surface area (Å²) >= 11 is 0. The van der Waals surface area contributed by atoms with E-state index in [-0.39, 0.29) is 35.2 Å². The van der Waals surface area contributed by atoms with E-state index in [9.17, 15) is 13.2 Å². The fraction of sp³-hybridized carbons (Fsp3) is 0.611. The molecule has 1 unspecified atom stereocenters. The number of amides is 1. The number of rotatable bonds is 8. The third kappa shape index (κ3) is 5.73. The van der Waals surface area contributed by atoms with Gasteiger partial charge < -0.3 is 20.1 Å². The van der Waals surface area contributed by atoms with Gasteiger partial charge in [0.15, 0.2) is 11.5 Å². The summed E-state index contributed by atoms with van der Waals surface area (Å²) in [6, 6.07) is 4.75. The molecule has 1 aromatic rings. The van der Waals surface area contributed by atoms with Crippen molar-refractivity contribution in [3.05, 3.63) is 18.2 Å². The van der Waals surface area contributed by atoms with Crippen molar-refractivity contribution in [2.75, 3.05) is 40.9 Å². The first-order chi connectivity index (χ1) is 12.8. The Morgan fingerprint density at radius 2 is 1.82 bits per heavy atom. The average Bonchev–Trinajstić information content (AvgIpc) is 2.71. The van der Waals surface area contributed by atoms with Gasteiger partial charge in [-0.3, -0.25) is 4.79 Å². The number of piperidine rings is 1. The molecule has 1 aromatic carbocycles. The minimum atomic E-state index is -3.64. The molecule has 1 amide bonds. The molecule has 10 heteroatoms. The van der Waals surface area contributed by atoms with E-state index in [0.29, 0.717) is 44.0 Å². The van der Waals surface area contributed by atoms with Crippen LogP contribution in [0.4, 0.5) is 0 Å². The number of halogens is 1. The number of ether oxygens (including phenoxy) is 2. The molecule has 0 radical (unpaired) electrons. The van der Waals surface area contributed by atoms with Crippen molar-refractivity contribution in [3.63, 3.8) is 0 Å². The van der Waals surface area contributed by atoms with Gasteiger partial charge >= 0.3 is 0 Å². The van der Waals surface area contributed by atoms with Crippen molar-refractivity contribution in [3.8, 4) is 11.5 Å². The molecule has 0 bridgehead atoms. The summed E-state index contributed by atoms with van der Waals surface area (Å²) in [6.07, 6.45) is 1.01. The van der Waals surface area contributed by atoms with Gasteiger partial charge in [0.1, 0.15) is 0 Å². The Balaban J connectivity index is 0.00000392. The van der Waals surface area contributed by atoms with Crippen LogP contribution in [-0.2, 0) is 14.8 Å². The molecule has 1 aliphatic rings. The number of carbonyl (C=O) groups excluding carboxylic acids is 1. The molecule has 28 heavy (non-hydrogen) atoms. The number of nitrogens with zero attached hydrogens (tertiary/aromatic N) is 1. The normalized spacial score (nSPS) is 16.7. The molecular weight excluding hydrogens is 406 g/mol. The Hall–Kier alpha value is -1.55. The molecule has 0 aromatic heterocycles. The standard InChI is InChI=1S/C18H29N3O5S.ClH/c1-13(19-2)12-20-18(22)14-7-9-21(10-8-14)27(23,24)15-5-6-16(25-3)17(11-15)26-4;/h5-6,11,13-14,19H,7-10,12H2,1-4H3,(H,20,22);1H. The topological polar surface area (TPSA) is 97.0 Å². The van der Waals surface area contributed by atoms with Gasteiger partial charge in [-0.05, 0) is 38.9 Å². The van der Waals surface area contributed by atoms with Gasteiger partial charge in [0.05, 0.1) is 19.1 Å². The van der Waals surface area contributed by atoms with Crippen LogP contribution in [0.5, 0.6) is 11.5 Å². The first kappa shape index (κ1) is 24.5. The van der Waals surface area contributed by atoms with E-state index < -0.39 is 10.0 Å². The maximum Gasteiger partial charge on any atom is 0.243 e. The summed E-state index contributed by atoms with van der Waals surface area (Å²) in [5.41, 5.74) is 0. The van der Waals surface area contributed by atoms with Crippen LogP contribution < -0.4 is 20.1 Å². The third-order valence-corrected chi connectivity index (χ3v) is 6.79. The maximum absolute atomic E-state index is 12.9. The van der Waals surface area contributed by atoms with Crippen LogP contribution in [0.25, 0.3) is 0 Å². The zero-order valence-corrected chi connectivity index (χ0v) is 18.4. The molecule has 1 aliphatic heterocycles. The quantitative estimate of drug-likeness (QED) is 0.637. The highest BCUT2D eigenvalue weighted by Gasteiger charge is 2.32. The van der Waals surface area contributed by atoms with Crippen LogP contribution in [0.2, 0.25) is 0 Å². The summed E-state index contributed by atoms with van der Waals surface area (Å²) < 4.78 is 37.6. The Morgan fingerprint density at radius 3 is 2.36 bits per heavy atom. The smallest absolute Gasteiger partial charge is 0.243 e. The van der Waals surface area contributed by atoms with Gasteiger partial charge in [0.2, 0.25) is 15.9 Å². The zero-order valence-electron chi connectivity index (χ0n) is 16.7. The molecule has 8 nitrogen and oxygen atoms in total. The van der Waals surface area contributed by atoms with Crippen molar-refractivity contribution in [2.24, 2.45) is 5.92 Å². The molecule has 1 heterocycles. The molecule has 1 fully saturated rings. The van der Waals surface area contributed by atoms with Gasteiger partial charge in [-0.25, -0.2) is 8.42 Å². The van der Waals surface area contributed by atoms with Crippen molar-refractivity contribution in [1.29, 1.82) is 0 Å². The van der Waals surface area contributed by atoms with Crippen LogP contribution in [0.15, 0.2) is 23.1 Å². The fourth-order valence-corrected chi connectivity index (χ4v) is 4.47. The van der Waals surface area contributed by atoms with Crippen molar-refractivity contribution >= 4 is 28.3 Å². The molecule has 160 valence electrons. The summed E-state index contributed by atoms with van der Waals surface area (Å²) in [5.74, 6) is 0.667. The number of nitrogens with one attached hydrogen (secondary N) is 2. The number of carbonyl (C=O) groups is 1. The molecular formula is C18H30ClN3O5S. The minimum Gasteiger partial charge on any atom is -0.493 e. The van der Waals surface area contributed by atoms with Gasteiger partial charge in [0.25, 0.3) is 0 Å². The summed E-state index contributed by atoms with van der Waals surface area (Å²) in [7, 11) is 1.16. The van der Waals surface area contributed by atoms with Crippen molar-refractivity contribution < 1.29 is 22.7 Å². The highest BCUT2D eigenvalue weighted by molar-refractivity contribution is 7.89. The van der Waals surface area contributed by atoms with Crippen LogP contribution in [0.3, 0.4) is 0 Å². The lowest BCUT2D eigenvalue weighted by molar-refractivity contribution is -0.126. The Kier molecular flexibility index (Phi) is 9.49. The fourth-order valence-electron chi connectivity index (χ4n) is 2.98. The predicted molar refractivity (Wildman–Crippen MR) is 110 cm³/mol. The van der Waals surface area contributed by atoms with Gasteiger partial charge in [-0.2, -0.15) is 4.31 Å². The monoisotopic (exact) mass is 435 g/mol. The molecule has 1 saturated heterocycles. The van der Waals surface area contributed by atoms with Gasteiger partial charge in [-0.15, -0.1) is 12.4 Å². The molecule has 0 spiro atoms. The van der Waals surface area contributed by atoms with Crippen molar-refractivity contribution in [2.45, 2.75) is 30.7 Å².